The van der Waals surface area contributed by atoms with Gasteiger partial charge in [0.15, 0.2) is 0 Å². The summed E-state index contributed by atoms with van der Waals surface area (Å²) in [6.07, 6.45) is 0.223. The Morgan fingerprint density at radius 2 is 1.83 bits per heavy atom. The van der Waals surface area contributed by atoms with Crippen molar-refractivity contribution in [1.82, 2.24) is 4.90 Å². The van der Waals surface area contributed by atoms with Crippen LogP contribution in [0.2, 0.25) is 0 Å². The summed E-state index contributed by atoms with van der Waals surface area (Å²) in [5.41, 5.74) is 0.245. The fourth-order valence-electron chi connectivity index (χ4n) is 3.40. The number of aliphatic hydroxyl groups is 2. The van der Waals surface area contributed by atoms with Gasteiger partial charge in [-0.1, -0.05) is 18.2 Å². The summed E-state index contributed by atoms with van der Waals surface area (Å²) >= 11 is 0. The summed E-state index contributed by atoms with van der Waals surface area (Å²) in [6.45, 7) is 2.19. The van der Waals surface area contributed by atoms with Crippen LogP contribution < -0.4 is 4.74 Å². The van der Waals surface area contributed by atoms with Crippen LogP contribution in [-0.4, -0.2) is 46.6 Å². The average Bonchev–Trinajstić information content (AvgIpc) is 2.97. The number of carbonyl (C=O) groups is 2. The van der Waals surface area contributed by atoms with E-state index >= 15 is 0 Å². The van der Waals surface area contributed by atoms with E-state index in [1.54, 1.807) is 30.3 Å². The molecule has 1 heterocycles. The number of amides is 1. The van der Waals surface area contributed by atoms with Gasteiger partial charge < -0.3 is 19.8 Å². The van der Waals surface area contributed by atoms with E-state index in [1.807, 2.05) is 6.92 Å². The van der Waals surface area contributed by atoms with Crippen LogP contribution in [0, 0.1) is 5.82 Å². The van der Waals surface area contributed by atoms with E-state index in [1.165, 1.54) is 23.1 Å². The molecule has 1 aliphatic rings. The summed E-state index contributed by atoms with van der Waals surface area (Å²) in [5.74, 6) is -2.10. The molecule has 1 atom stereocenters. The fraction of sp³-hybridized carbons (Fsp3) is 0.273. The Morgan fingerprint density at radius 1 is 1.14 bits per heavy atom. The first-order valence-corrected chi connectivity index (χ1v) is 9.36. The third-order valence-electron chi connectivity index (χ3n) is 4.74. The molecule has 7 heteroatoms. The number of hydrogen-bond donors (Lipinski definition) is 2. The van der Waals surface area contributed by atoms with E-state index in [9.17, 15) is 19.1 Å². The summed E-state index contributed by atoms with van der Waals surface area (Å²) in [6, 6.07) is 11.2. The number of carbonyl (C=O) groups excluding carboxylic acids is 2. The number of ketones is 1. The standard InChI is InChI=1S/C22H22FNO5/c1-2-29-15-10-8-14(9-11-15)20(26)18-19(16-6-3-4-7-17(16)23)24(12-5-13-25)22(28)21(18)27/h3-4,6-11,19,25-26H,2,5,12-13H2,1H3/t19-/m0/s1. The van der Waals surface area contributed by atoms with Gasteiger partial charge >= 0.3 is 0 Å². The Kier molecular flexibility index (Phi) is 6.29. The van der Waals surface area contributed by atoms with Crippen LogP contribution in [0.5, 0.6) is 5.75 Å². The highest BCUT2D eigenvalue weighted by Crippen LogP contribution is 2.40. The number of halogens is 1. The predicted molar refractivity (Wildman–Crippen MR) is 105 cm³/mol. The molecule has 6 nitrogen and oxygen atoms in total. The second kappa shape index (κ2) is 8.87. The van der Waals surface area contributed by atoms with Crippen LogP contribution in [0.25, 0.3) is 5.76 Å². The maximum absolute atomic E-state index is 14.5. The Balaban J connectivity index is 2.12. The largest absolute Gasteiger partial charge is 0.507 e. The van der Waals surface area contributed by atoms with Gasteiger partial charge in [-0.3, -0.25) is 9.59 Å². The van der Waals surface area contributed by atoms with Gasteiger partial charge in [-0.05, 0) is 43.7 Å². The van der Waals surface area contributed by atoms with Crippen molar-refractivity contribution in [2.75, 3.05) is 19.8 Å². The van der Waals surface area contributed by atoms with Gasteiger partial charge in [0.25, 0.3) is 11.7 Å². The van der Waals surface area contributed by atoms with Crippen molar-refractivity contribution in [2.24, 2.45) is 0 Å². The smallest absolute Gasteiger partial charge is 0.295 e. The molecule has 1 aliphatic heterocycles. The van der Waals surface area contributed by atoms with Gasteiger partial charge in [-0.15, -0.1) is 0 Å². The quantitative estimate of drug-likeness (QED) is 0.425. The Bertz CT molecular complexity index is 938. The number of hydrogen-bond acceptors (Lipinski definition) is 5. The van der Waals surface area contributed by atoms with Crippen molar-refractivity contribution < 1.29 is 28.9 Å². The lowest BCUT2D eigenvalue weighted by Crippen LogP contribution is -2.31. The Hall–Kier alpha value is -3.19. The molecule has 2 aromatic carbocycles. The third-order valence-corrected chi connectivity index (χ3v) is 4.74. The highest BCUT2D eigenvalue weighted by atomic mass is 19.1. The molecule has 0 spiro atoms. The maximum atomic E-state index is 14.5. The van der Waals surface area contributed by atoms with Crippen molar-refractivity contribution in [2.45, 2.75) is 19.4 Å². The van der Waals surface area contributed by atoms with Crippen molar-refractivity contribution in [3.8, 4) is 5.75 Å². The predicted octanol–water partition coefficient (Wildman–Crippen LogP) is 3.03. The zero-order chi connectivity index (χ0) is 21.0. The number of likely N-dealkylation sites (tertiary alicyclic amines) is 1. The van der Waals surface area contributed by atoms with E-state index in [0.29, 0.717) is 17.9 Å². The van der Waals surface area contributed by atoms with Gasteiger partial charge in [-0.25, -0.2) is 4.39 Å². The molecule has 152 valence electrons. The van der Waals surface area contributed by atoms with E-state index in [-0.39, 0.29) is 36.5 Å². The molecule has 0 aromatic heterocycles. The van der Waals surface area contributed by atoms with E-state index in [0.717, 1.165) is 0 Å². The second-order valence-electron chi connectivity index (χ2n) is 6.55. The highest BCUT2D eigenvalue weighted by Gasteiger charge is 2.46. The molecule has 29 heavy (non-hydrogen) atoms. The van der Waals surface area contributed by atoms with Gasteiger partial charge in [0, 0.05) is 24.3 Å². The van der Waals surface area contributed by atoms with Crippen LogP contribution in [0.4, 0.5) is 4.39 Å². The number of ether oxygens (including phenoxy) is 1. The molecule has 0 unspecified atom stereocenters. The molecule has 1 amide bonds. The monoisotopic (exact) mass is 399 g/mol. The van der Waals surface area contributed by atoms with Gasteiger partial charge in [0.05, 0.1) is 18.2 Å². The van der Waals surface area contributed by atoms with E-state index in [4.69, 9.17) is 9.84 Å². The molecular formula is C22H22FNO5. The SMILES string of the molecule is CCOc1ccc(C(O)=C2C(=O)C(=O)N(CCCO)[C@H]2c2ccccc2F)cc1. The first-order valence-electron chi connectivity index (χ1n) is 9.36. The first kappa shape index (κ1) is 20.5. The number of Topliss-reactive ketones (excluding diaryl/α,β-unsaturated/α-hetero) is 1. The van der Waals surface area contributed by atoms with Gasteiger partial charge in [0.1, 0.15) is 17.3 Å². The van der Waals surface area contributed by atoms with Gasteiger partial charge in [-0.2, -0.15) is 0 Å². The van der Waals surface area contributed by atoms with Crippen LogP contribution in [0.1, 0.15) is 30.5 Å². The van der Waals surface area contributed by atoms with Crippen LogP contribution in [0.15, 0.2) is 54.1 Å². The number of benzene rings is 2. The van der Waals surface area contributed by atoms with Gasteiger partial charge in [0.2, 0.25) is 0 Å². The maximum Gasteiger partial charge on any atom is 0.295 e. The first-order chi connectivity index (χ1) is 14.0. The van der Waals surface area contributed by atoms with Crippen LogP contribution in [0.3, 0.4) is 0 Å². The zero-order valence-corrected chi connectivity index (χ0v) is 16.0. The Labute approximate surface area is 167 Å². The molecule has 1 saturated heterocycles. The normalized spacial score (nSPS) is 18.3. The molecule has 0 radical (unpaired) electrons. The van der Waals surface area contributed by atoms with Crippen LogP contribution >= 0.6 is 0 Å². The second-order valence-corrected chi connectivity index (χ2v) is 6.55. The third kappa shape index (κ3) is 4.00. The van der Waals surface area contributed by atoms with Crippen molar-refractivity contribution in [3.63, 3.8) is 0 Å². The van der Waals surface area contributed by atoms with Crippen molar-refractivity contribution >= 4 is 17.4 Å². The van der Waals surface area contributed by atoms with Crippen LogP contribution in [-0.2, 0) is 9.59 Å². The lowest BCUT2D eigenvalue weighted by Gasteiger charge is -2.25. The topological polar surface area (TPSA) is 87.1 Å². The lowest BCUT2D eigenvalue weighted by atomic mass is 9.95. The van der Waals surface area contributed by atoms with Crippen molar-refractivity contribution in [3.05, 3.63) is 71.0 Å². The highest BCUT2D eigenvalue weighted by molar-refractivity contribution is 6.46. The molecule has 0 bridgehead atoms. The number of rotatable bonds is 7. The molecule has 2 aromatic rings. The van der Waals surface area contributed by atoms with E-state index < -0.39 is 23.5 Å². The molecule has 2 N–H and O–H groups in total. The molecular weight excluding hydrogens is 377 g/mol. The molecule has 0 saturated carbocycles. The minimum absolute atomic E-state index is 0.0557. The molecule has 0 aliphatic carbocycles. The summed E-state index contributed by atoms with van der Waals surface area (Å²) < 4.78 is 19.9. The average molecular weight is 399 g/mol. The minimum Gasteiger partial charge on any atom is -0.507 e. The minimum atomic E-state index is -1.07. The molecule has 1 fully saturated rings. The lowest BCUT2D eigenvalue weighted by molar-refractivity contribution is -0.140. The zero-order valence-electron chi connectivity index (χ0n) is 16.0. The number of nitrogens with zero attached hydrogens (tertiary/aromatic N) is 1. The summed E-state index contributed by atoms with van der Waals surface area (Å²) in [7, 11) is 0. The van der Waals surface area contributed by atoms with Crippen molar-refractivity contribution in [1.29, 1.82) is 0 Å². The molecule has 3 rings (SSSR count). The Morgan fingerprint density at radius 3 is 2.45 bits per heavy atom. The number of aliphatic hydroxyl groups excluding tert-OH is 2. The fourth-order valence-corrected chi connectivity index (χ4v) is 3.40. The summed E-state index contributed by atoms with van der Waals surface area (Å²) in [4.78, 5) is 26.5. The van der Waals surface area contributed by atoms with E-state index in [2.05, 4.69) is 0 Å². The summed E-state index contributed by atoms with van der Waals surface area (Å²) in [5, 5.41) is 20.0.